The molecule has 2 atom stereocenters. The summed E-state index contributed by atoms with van der Waals surface area (Å²) in [6.45, 7) is 1.91. The number of hydrogen-bond acceptors (Lipinski definition) is 3. The molecule has 3 N–H and O–H groups in total. The Morgan fingerprint density at radius 1 is 1.44 bits per heavy atom. The Balaban J connectivity index is 2.04. The molecule has 0 spiro atoms. The van der Waals surface area contributed by atoms with Crippen LogP contribution in [0.1, 0.15) is 37.8 Å². The van der Waals surface area contributed by atoms with E-state index in [0.717, 1.165) is 37.2 Å². The summed E-state index contributed by atoms with van der Waals surface area (Å²) in [6.07, 6.45) is 5.25. The van der Waals surface area contributed by atoms with E-state index >= 15 is 0 Å². The molecule has 1 aromatic rings. The molecule has 0 bridgehead atoms. The monoisotopic (exact) mass is 250 g/mol. The fourth-order valence-electron chi connectivity index (χ4n) is 2.61. The molecule has 2 rings (SSSR count). The highest BCUT2D eigenvalue weighted by Crippen LogP contribution is 2.23. The smallest absolute Gasteiger partial charge is 0.230 e. The lowest BCUT2D eigenvalue weighted by atomic mass is 9.94. The molecule has 2 unspecified atom stereocenters. The predicted octanol–water partition coefficient (Wildman–Crippen LogP) is 1.57. The number of nitrogens with zero attached hydrogens (tertiary/aromatic N) is 2. The van der Waals surface area contributed by atoms with Gasteiger partial charge in [-0.25, -0.2) is 0 Å². The van der Waals surface area contributed by atoms with Gasteiger partial charge in [0, 0.05) is 19.2 Å². The molecule has 0 aliphatic heterocycles. The Bertz CT molecular complexity index is 427. The van der Waals surface area contributed by atoms with Gasteiger partial charge in [0.1, 0.15) is 5.82 Å². The highest BCUT2D eigenvalue weighted by atomic mass is 16.2. The Kier molecular flexibility index (Phi) is 4.01. The second-order valence-electron chi connectivity index (χ2n) is 5.19. The Hall–Kier alpha value is -1.36. The van der Waals surface area contributed by atoms with Crippen molar-refractivity contribution in [2.45, 2.75) is 45.1 Å². The molecule has 100 valence electrons. The molecule has 1 saturated carbocycles. The summed E-state index contributed by atoms with van der Waals surface area (Å²) in [5.41, 5.74) is 6.99. The number of nitrogens with two attached hydrogens (primary N) is 1. The van der Waals surface area contributed by atoms with Crippen molar-refractivity contribution in [2.24, 2.45) is 18.7 Å². The molecule has 1 amide bonds. The van der Waals surface area contributed by atoms with E-state index in [-0.39, 0.29) is 17.9 Å². The minimum absolute atomic E-state index is 0.0122. The lowest BCUT2D eigenvalue weighted by Gasteiger charge is -2.20. The van der Waals surface area contributed by atoms with Gasteiger partial charge in [0.05, 0.1) is 11.6 Å². The van der Waals surface area contributed by atoms with Crippen LogP contribution < -0.4 is 11.1 Å². The van der Waals surface area contributed by atoms with Crippen LogP contribution in [-0.4, -0.2) is 21.7 Å². The van der Waals surface area contributed by atoms with E-state index in [4.69, 9.17) is 5.73 Å². The number of carbonyl (C=O) groups excluding carboxylic acids is 1. The van der Waals surface area contributed by atoms with Crippen LogP contribution in [0.4, 0.5) is 5.82 Å². The molecule has 0 aromatic carbocycles. The number of aryl methyl sites for hydroxylation is 2. The zero-order valence-corrected chi connectivity index (χ0v) is 11.1. The number of anilines is 1. The number of amides is 1. The third kappa shape index (κ3) is 2.90. The summed E-state index contributed by atoms with van der Waals surface area (Å²) >= 11 is 0. The Morgan fingerprint density at radius 2 is 2.17 bits per heavy atom. The fourth-order valence-corrected chi connectivity index (χ4v) is 2.61. The molecule has 1 fully saturated rings. The van der Waals surface area contributed by atoms with Gasteiger partial charge in [0.15, 0.2) is 0 Å². The molecule has 5 nitrogen and oxygen atoms in total. The summed E-state index contributed by atoms with van der Waals surface area (Å²) in [5.74, 6) is 0.712. The minimum atomic E-state index is -0.0669. The lowest BCUT2D eigenvalue weighted by molar-refractivity contribution is -0.120. The first-order valence-corrected chi connectivity index (χ1v) is 6.65. The number of nitrogens with one attached hydrogen (secondary N) is 1. The van der Waals surface area contributed by atoms with E-state index < -0.39 is 0 Å². The van der Waals surface area contributed by atoms with Gasteiger partial charge in [-0.05, 0) is 19.8 Å². The highest BCUT2D eigenvalue weighted by molar-refractivity contribution is 5.92. The van der Waals surface area contributed by atoms with Crippen LogP contribution in [0.2, 0.25) is 0 Å². The van der Waals surface area contributed by atoms with Crippen molar-refractivity contribution in [3.05, 3.63) is 11.8 Å². The summed E-state index contributed by atoms with van der Waals surface area (Å²) < 4.78 is 1.69. The average Bonchev–Trinajstić information content (AvgIpc) is 2.52. The first kappa shape index (κ1) is 13.1. The van der Waals surface area contributed by atoms with Crippen molar-refractivity contribution < 1.29 is 4.79 Å². The maximum Gasteiger partial charge on any atom is 0.230 e. The van der Waals surface area contributed by atoms with Crippen LogP contribution in [0.15, 0.2) is 6.07 Å². The number of carbonyl (C=O) groups is 1. The van der Waals surface area contributed by atoms with Gasteiger partial charge in [-0.15, -0.1) is 0 Å². The van der Waals surface area contributed by atoms with Crippen LogP contribution in [0, 0.1) is 12.8 Å². The first-order valence-electron chi connectivity index (χ1n) is 6.65. The van der Waals surface area contributed by atoms with Gasteiger partial charge < -0.3 is 11.1 Å². The molecule has 1 heterocycles. The molecule has 0 saturated heterocycles. The van der Waals surface area contributed by atoms with Gasteiger partial charge in [-0.3, -0.25) is 9.48 Å². The van der Waals surface area contributed by atoms with E-state index in [1.165, 1.54) is 6.42 Å². The normalized spacial score (nSPS) is 24.6. The van der Waals surface area contributed by atoms with Gasteiger partial charge in [0.25, 0.3) is 0 Å². The predicted molar refractivity (Wildman–Crippen MR) is 71.1 cm³/mol. The first-order chi connectivity index (χ1) is 8.58. The van der Waals surface area contributed by atoms with Gasteiger partial charge in [0.2, 0.25) is 5.91 Å². The molecular formula is C13H22N4O. The molecular weight excluding hydrogens is 228 g/mol. The zero-order valence-electron chi connectivity index (χ0n) is 11.1. The standard InChI is InChI=1S/C13H22N4O/c1-9-8-12(17(2)16-9)15-13(18)10-6-4-3-5-7-11(10)14/h8,10-11H,3-7,14H2,1-2H3,(H,15,18). The maximum atomic E-state index is 12.3. The van der Waals surface area contributed by atoms with E-state index in [0.29, 0.717) is 0 Å². The summed E-state index contributed by atoms with van der Waals surface area (Å²) in [5, 5.41) is 7.16. The van der Waals surface area contributed by atoms with Crippen molar-refractivity contribution in [3.8, 4) is 0 Å². The minimum Gasteiger partial charge on any atom is -0.327 e. The average molecular weight is 250 g/mol. The molecule has 5 heteroatoms. The molecule has 1 aromatic heterocycles. The zero-order chi connectivity index (χ0) is 13.1. The third-order valence-electron chi connectivity index (χ3n) is 3.66. The van der Waals surface area contributed by atoms with Gasteiger partial charge >= 0.3 is 0 Å². The van der Waals surface area contributed by atoms with E-state index in [2.05, 4.69) is 10.4 Å². The van der Waals surface area contributed by atoms with Crippen LogP contribution in [0.25, 0.3) is 0 Å². The second kappa shape index (κ2) is 5.52. The second-order valence-corrected chi connectivity index (χ2v) is 5.19. The van der Waals surface area contributed by atoms with Crippen molar-refractivity contribution >= 4 is 11.7 Å². The van der Waals surface area contributed by atoms with Gasteiger partial charge in [-0.1, -0.05) is 19.3 Å². The summed E-state index contributed by atoms with van der Waals surface area (Å²) in [7, 11) is 1.83. The summed E-state index contributed by atoms with van der Waals surface area (Å²) in [4.78, 5) is 12.3. The number of aromatic nitrogens is 2. The highest BCUT2D eigenvalue weighted by Gasteiger charge is 2.27. The van der Waals surface area contributed by atoms with Crippen molar-refractivity contribution in [1.29, 1.82) is 0 Å². The van der Waals surface area contributed by atoms with Crippen LogP contribution in [-0.2, 0) is 11.8 Å². The van der Waals surface area contributed by atoms with Crippen LogP contribution in [0.3, 0.4) is 0 Å². The van der Waals surface area contributed by atoms with E-state index in [1.54, 1.807) is 4.68 Å². The SMILES string of the molecule is Cc1cc(NC(=O)C2CCCCCC2N)n(C)n1. The van der Waals surface area contributed by atoms with Crippen molar-refractivity contribution in [2.75, 3.05) is 5.32 Å². The van der Waals surface area contributed by atoms with Crippen LogP contribution in [0.5, 0.6) is 0 Å². The molecule has 18 heavy (non-hydrogen) atoms. The van der Waals surface area contributed by atoms with E-state index in [1.807, 2.05) is 20.0 Å². The summed E-state index contributed by atoms with van der Waals surface area (Å²) in [6, 6.07) is 1.86. The van der Waals surface area contributed by atoms with Crippen LogP contribution >= 0.6 is 0 Å². The van der Waals surface area contributed by atoms with Crippen molar-refractivity contribution in [1.82, 2.24) is 9.78 Å². The lowest BCUT2D eigenvalue weighted by Crippen LogP contribution is -2.38. The number of rotatable bonds is 2. The van der Waals surface area contributed by atoms with Gasteiger partial charge in [-0.2, -0.15) is 5.10 Å². The molecule has 1 aliphatic carbocycles. The Morgan fingerprint density at radius 3 is 2.83 bits per heavy atom. The number of hydrogen-bond donors (Lipinski definition) is 2. The Labute approximate surface area is 108 Å². The topological polar surface area (TPSA) is 72.9 Å². The largest absolute Gasteiger partial charge is 0.327 e. The molecule has 1 aliphatic rings. The fraction of sp³-hybridized carbons (Fsp3) is 0.692. The van der Waals surface area contributed by atoms with E-state index in [9.17, 15) is 4.79 Å². The molecule has 0 radical (unpaired) electrons. The quantitative estimate of drug-likeness (QED) is 0.783. The van der Waals surface area contributed by atoms with Crippen molar-refractivity contribution in [3.63, 3.8) is 0 Å². The third-order valence-corrected chi connectivity index (χ3v) is 3.66. The maximum absolute atomic E-state index is 12.3.